The molecule has 0 fully saturated rings. The molecule has 0 aliphatic carbocycles. The zero-order valence-electron chi connectivity index (χ0n) is 16.2. The molecule has 30 heavy (non-hydrogen) atoms. The Hall–Kier alpha value is -3.56. The molecule has 0 amide bonds. The molecule has 1 aliphatic rings. The average molecular weight is 406 g/mol. The topological polar surface area (TPSA) is 20.3 Å². The molecule has 0 saturated heterocycles. The maximum Gasteiger partial charge on any atom is 0.185 e. The fourth-order valence-electron chi connectivity index (χ4n) is 3.66. The van der Waals surface area contributed by atoms with E-state index >= 15 is 0 Å². The zero-order chi connectivity index (χ0) is 20.3. The van der Waals surface area contributed by atoms with Gasteiger partial charge in [0.15, 0.2) is 5.78 Å². The number of carbonyl (C=O) groups is 1. The molecule has 5 rings (SSSR count). The Balaban J connectivity index is 1.60. The van der Waals surface area contributed by atoms with Gasteiger partial charge in [-0.3, -0.25) is 4.79 Å². The van der Waals surface area contributed by atoms with Crippen LogP contribution < -0.4 is 4.90 Å². The van der Waals surface area contributed by atoms with Crippen molar-refractivity contribution in [3.05, 3.63) is 120 Å². The molecular weight excluding hydrogens is 386 g/mol. The number of carbonyl (C=O) groups excluding carboxylic acids is 1. The highest BCUT2D eigenvalue weighted by molar-refractivity contribution is 7.99. The predicted molar refractivity (Wildman–Crippen MR) is 125 cm³/mol. The van der Waals surface area contributed by atoms with E-state index in [1.54, 1.807) is 17.8 Å². The van der Waals surface area contributed by atoms with Crippen molar-refractivity contribution in [2.24, 2.45) is 0 Å². The Bertz CT molecular complexity index is 1200. The van der Waals surface area contributed by atoms with Crippen LogP contribution in [-0.2, 0) is 0 Å². The van der Waals surface area contributed by atoms with Crippen molar-refractivity contribution in [3.8, 4) is 0 Å². The molecule has 0 bridgehead atoms. The van der Waals surface area contributed by atoms with Crippen molar-refractivity contribution in [1.82, 2.24) is 0 Å². The third-order valence-corrected chi connectivity index (χ3v) is 6.21. The van der Waals surface area contributed by atoms with Gasteiger partial charge in [-0.25, -0.2) is 0 Å². The molecule has 4 aromatic rings. The standard InChI is InChI=1S/C27H19NOS/c29-25(21-11-2-1-3-12-21)19-18-20-10-4-5-13-22(20)28-23-14-6-8-16-26(23)30-27-17-9-7-15-24(27)28/h1-19H. The van der Waals surface area contributed by atoms with Gasteiger partial charge >= 0.3 is 0 Å². The van der Waals surface area contributed by atoms with Crippen LogP contribution in [0.1, 0.15) is 15.9 Å². The van der Waals surface area contributed by atoms with Crippen LogP contribution in [0, 0.1) is 0 Å². The minimum atomic E-state index is 0.000373. The molecule has 1 heterocycles. The fraction of sp³-hybridized carbons (Fsp3) is 0. The highest BCUT2D eigenvalue weighted by Crippen LogP contribution is 2.51. The van der Waals surface area contributed by atoms with Crippen molar-refractivity contribution in [2.75, 3.05) is 4.90 Å². The van der Waals surface area contributed by atoms with Gasteiger partial charge in [0.05, 0.1) is 17.1 Å². The Labute approximate surface area is 180 Å². The van der Waals surface area contributed by atoms with E-state index in [9.17, 15) is 4.79 Å². The summed E-state index contributed by atoms with van der Waals surface area (Å²) >= 11 is 1.79. The Morgan fingerprint density at radius 3 is 1.83 bits per heavy atom. The molecular formula is C27H19NOS. The SMILES string of the molecule is O=C(C=Cc1ccccc1N1c2ccccc2Sc2ccccc21)c1ccccc1. The van der Waals surface area contributed by atoms with Crippen molar-refractivity contribution < 1.29 is 4.79 Å². The number of hydrogen-bond acceptors (Lipinski definition) is 3. The molecule has 2 nitrogen and oxygen atoms in total. The quantitative estimate of drug-likeness (QED) is 0.228. The molecule has 0 aromatic heterocycles. The number of rotatable bonds is 4. The Morgan fingerprint density at radius 1 is 0.633 bits per heavy atom. The number of nitrogens with zero attached hydrogens (tertiary/aromatic N) is 1. The molecule has 0 radical (unpaired) electrons. The average Bonchev–Trinajstić information content (AvgIpc) is 2.82. The van der Waals surface area contributed by atoms with Crippen molar-refractivity contribution in [1.29, 1.82) is 0 Å². The van der Waals surface area contributed by atoms with Crippen LogP contribution in [0.2, 0.25) is 0 Å². The second kappa shape index (κ2) is 8.05. The fourth-order valence-corrected chi connectivity index (χ4v) is 4.72. The highest BCUT2D eigenvalue weighted by Gasteiger charge is 2.25. The summed E-state index contributed by atoms with van der Waals surface area (Å²) in [7, 11) is 0. The van der Waals surface area contributed by atoms with Crippen molar-refractivity contribution in [2.45, 2.75) is 9.79 Å². The molecule has 0 N–H and O–H groups in total. The zero-order valence-corrected chi connectivity index (χ0v) is 17.0. The van der Waals surface area contributed by atoms with Gasteiger partial charge in [-0.2, -0.15) is 0 Å². The Morgan fingerprint density at radius 2 is 1.17 bits per heavy atom. The van der Waals surface area contributed by atoms with Gasteiger partial charge in [0.2, 0.25) is 0 Å². The third-order valence-electron chi connectivity index (χ3n) is 5.08. The minimum absolute atomic E-state index is 0.000373. The largest absolute Gasteiger partial charge is 0.308 e. The lowest BCUT2D eigenvalue weighted by atomic mass is 10.1. The number of benzene rings is 4. The first-order valence-electron chi connectivity index (χ1n) is 9.84. The van der Waals surface area contributed by atoms with Gasteiger partial charge in [-0.1, -0.05) is 84.6 Å². The minimum Gasteiger partial charge on any atom is -0.308 e. The summed E-state index contributed by atoms with van der Waals surface area (Å²) in [5.41, 5.74) is 5.04. The molecule has 0 saturated carbocycles. The summed E-state index contributed by atoms with van der Waals surface area (Å²) in [5, 5.41) is 0. The van der Waals surface area contributed by atoms with Gasteiger partial charge in [-0.05, 0) is 48.0 Å². The second-order valence-electron chi connectivity index (χ2n) is 7.00. The molecule has 144 valence electrons. The molecule has 0 unspecified atom stereocenters. The van der Waals surface area contributed by atoms with E-state index in [1.165, 1.54) is 9.79 Å². The maximum absolute atomic E-state index is 12.6. The van der Waals surface area contributed by atoms with Gasteiger partial charge in [0.1, 0.15) is 0 Å². The number of allylic oxidation sites excluding steroid dienone is 1. The van der Waals surface area contributed by atoms with E-state index in [4.69, 9.17) is 0 Å². The van der Waals surface area contributed by atoms with E-state index in [0.29, 0.717) is 5.56 Å². The van der Waals surface area contributed by atoms with E-state index < -0.39 is 0 Å². The van der Waals surface area contributed by atoms with Crippen LogP contribution in [0.3, 0.4) is 0 Å². The van der Waals surface area contributed by atoms with Gasteiger partial charge in [0.25, 0.3) is 0 Å². The van der Waals surface area contributed by atoms with E-state index in [1.807, 2.05) is 48.5 Å². The lowest BCUT2D eigenvalue weighted by molar-refractivity contribution is 0.104. The van der Waals surface area contributed by atoms with Crippen LogP contribution >= 0.6 is 11.8 Å². The van der Waals surface area contributed by atoms with E-state index in [2.05, 4.69) is 65.6 Å². The summed E-state index contributed by atoms with van der Waals surface area (Å²) in [4.78, 5) is 17.3. The van der Waals surface area contributed by atoms with Crippen LogP contribution in [0.4, 0.5) is 17.1 Å². The number of fused-ring (bicyclic) bond motifs is 2. The first-order chi connectivity index (χ1) is 14.8. The second-order valence-corrected chi connectivity index (χ2v) is 8.08. The normalized spacial score (nSPS) is 12.5. The molecule has 3 heteroatoms. The predicted octanol–water partition coefficient (Wildman–Crippen LogP) is 7.52. The van der Waals surface area contributed by atoms with E-state index in [-0.39, 0.29) is 5.78 Å². The summed E-state index contributed by atoms with van der Waals surface area (Å²) in [6, 6.07) is 34.4. The third kappa shape index (κ3) is 3.44. The van der Waals surface area contributed by atoms with Gasteiger partial charge in [0, 0.05) is 15.4 Å². The van der Waals surface area contributed by atoms with Crippen LogP contribution in [0.25, 0.3) is 6.08 Å². The summed E-state index contributed by atoms with van der Waals surface area (Å²) in [5.74, 6) is 0.000373. The number of hydrogen-bond donors (Lipinski definition) is 0. The first-order valence-corrected chi connectivity index (χ1v) is 10.7. The van der Waals surface area contributed by atoms with Crippen LogP contribution in [0.5, 0.6) is 0 Å². The van der Waals surface area contributed by atoms with Crippen molar-refractivity contribution in [3.63, 3.8) is 0 Å². The molecule has 1 aliphatic heterocycles. The summed E-state index contributed by atoms with van der Waals surface area (Å²) in [6.45, 7) is 0. The molecule has 4 aromatic carbocycles. The smallest absolute Gasteiger partial charge is 0.185 e. The number of ketones is 1. The molecule has 0 atom stereocenters. The number of anilines is 3. The van der Waals surface area contributed by atoms with Crippen molar-refractivity contribution >= 4 is 40.7 Å². The lowest BCUT2D eigenvalue weighted by Gasteiger charge is -2.33. The first kappa shape index (κ1) is 18.5. The summed E-state index contributed by atoms with van der Waals surface area (Å²) in [6.07, 6.45) is 3.57. The summed E-state index contributed by atoms with van der Waals surface area (Å²) < 4.78 is 0. The highest BCUT2D eigenvalue weighted by atomic mass is 32.2. The lowest BCUT2D eigenvalue weighted by Crippen LogP contribution is -2.15. The molecule has 0 spiro atoms. The van der Waals surface area contributed by atoms with Crippen LogP contribution in [0.15, 0.2) is 119 Å². The Kier molecular flexibility index (Phi) is 4.96. The number of para-hydroxylation sites is 3. The van der Waals surface area contributed by atoms with E-state index in [0.717, 1.165) is 22.6 Å². The maximum atomic E-state index is 12.6. The van der Waals surface area contributed by atoms with Gasteiger partial charge < -0.3 is 4.90 Å². The monoisotopic (exact) mass is 405 g/mol. The van der Waals surface area contributed by atoms with Crippen LogP contribution in [-0.4, -0.2) is 5.78 Å². The van der Waals surface area contributed by atoms with Gasteiger partial charge in [-0.15, -0.1) is 0 Å².